The molecule has 3 aromatic rings. The number of amides is 1. The molecule has 0 radical (unpaired) electrons. The van der Waals surface area contributed by atoms with E-state index in [1.807, 2.05) is 38.5 Å². The molecule has 154 valence electrons. The van der Waals surface area contributed by atoms with E-state index in [0.717, 1.165) is 21.8 Å². The lowest BCUT2D eigenvalue weighted by Gasteiger charge is -2.07. The van der Waals surface area contributed by atoms with Gasteiger partial charge in [-0.05, 0) is 31.9 Å². The minimum Gasteiger partial charge on any atom is -0.469 e. The number of methoxy groups -OCH3 is 1. The Morgan fingerprint density at radius 2 is 2.10 bits per heavy atom. The minimum atomic E-state index is -0.442. The molecule has 0 saturated carbocycles. The molecular weight excluding hydrogens is 412 g/mol. The molecule has 0 saturated heterocycles. The summed E-state index contributed by atoms with van der Waals surface area (Å²) in [5.41, 5.74) is 2.20. The first kappa shape index (κ1) is 21.1. The van der Waals surface area contributed by atoms with E-state index in [9.17, 15) is 9.59 Å². The molecule has 10 heteroatoms. The van der Waals surface area contributed by atoms with Crippen LogP contribution in [0.4, 0.5) is 5.00 Å². The predicted molar refractivity (Wildman–Crippen MR) is 113 cm³/mol. The molecule has 1 amide bonds. The second-order valence-electron chi connectivity index (χ2n) is 6.28. The fourth-order valence-electron chi connectivity index (χ4n) is 3.00. The number of carbonyl (C=O) groups is 2. The van der Waals surface area contributed by atoms with Gasteiger partial charge in [-0.2, -0.15) is 0 Å². The van der Waals surface area contributed by atoms with Crippen molar-refractivity contribution in [2.75, 3.05) is 18.2 Å². The average molecular weight is 435 g/mol. The third-order valence-electron chi connectivity index (χ3n) is 4.47. The number of thioether (sulfide) groups is 1. The number of hydrogen-bond donors (Lipinski definition) is 1. The SMILES string of the molecule is CCc1c(C)sc(NC(=O)CSc2nnc(-c3ccoc3C)n2C)c1C(=O)OC. The number of esters is 1. The number of furan rings is 1. The molecule has 3 rings (SSSR count). The van der Waals surface area contributed by atoms with Gasteiger partial charge in [-0.3, -0.25) is 4.79 Å². The summed E-state index contributed by atoms with van der Waals surface area (Å²) >= 11 is 2.65. The summed E-state index contributed by atoms with van der Waals surface area (Å²) < 4.78 is 12.0. The molecule has 0 aliphatic heterocycles. The molecule has 0 fully saturated rings. The van der Waals surface area contributed by atoms with E-state index in [2.05, 4.69) is 15.5 Å². The van der Waals surface area contributed by atoms with Crippen molar-refractivity contribution in [3.05, 3.63) is 34.1 Å². The number of rotatable bonds is 7. The maximum Gasteiger partial charge on any atom is 0.341 e. The van der Waals surface area contributed by atoms with Crippen LogP contribution in [0.15, 0.2) is 21.9 Å². The van der Waals surface area contributed by atoms with E-state index < -0.39 is 5.97 Å². The first-order chi connectivity index (χ1) is 13.9. The average Bonchev–Trinajstić information content (AvgIpc) is 3.36. The van der Waals surface area contributed by atoms with Gasteiger partial charge in [-0.1, -0.05) is 18.7 Å². The van der Waals surface area contributed by atoms with Crippen molar-refractivity contribution >= 4 is 40.0 Å². The van der Waals surface area contributed by atoms with Crippen LogP contribution in [0.5, 0.6) is 0 Å². The van der Waals surface area contributed by atoms with Gasteiger partial charge in [0.1, 0.15) is 10.8 Å². The minimum absolute atomic E-state index is 0.134. The second kappa shape index (κ2) is 8.83. The quantitative estimate of drug-likeness (QED) is 0.445. The summed E-state index contributed by atoms with van der Waals surface area (Å²) in [7, 11) is 3.18. The van der Waals surface area contributed by atoms with E-state index in [0.29, 0.717) is 28.0 Å². The highest BCUT2D eigenvalue weighted by Gasteiger charge is 2.23. The van der Waals surface area contributed by atoms with Crippen LogP contribution in [-0.2, 0) is 23.0 Å². The Morgan fingerprint density at radius 1 is 1.34 bits per heavy atom. The normalized spacial score (nSPS) is 10.9. The molecule has 0 spiro atoms. The van der Waals surface area contributed by atoms with E-state index in [-0.39, 0.29) is 11.7 Å². The maximum atomic E-state index is 12.5. The molecule has 0 bridgehead atoms. The highest BCUT2D eigenvalue weighted by atomic mass is 32.2. The monoisotopic (exact) mass is 434 g/mol. The van der Waals surface area contributed by atoms with Gasteiger partial charge < -0.3 is 19.0 Å². The van der Waals surface area contributed by atoms with Crippen LogP contribution in [0.3, 0.4) is 0 Å². The number of nitrogens with one attached hydrogen (secondary N) is 1. The zero-order valence-corrected chi connectivity index (χ0v) is 18.5. The molecular formula is C19H22N4O4S2. The number of aryl methyl sites for hydroxylation is 2. The zero-order chi connectivity index (χ0) is 21.1. The number of anilines is 1. The summed E-state index contributed by atoms with van der Waals surface area (Å²) in [6.45, 7) is 5.76. The lowest BCUT2D eigenvalue weighted by Crippen LogP contribution is -2.16. The van der Waals surface area contributed by atoms with Crippen LogP contribution in [0.25, 0.3) is 11.4 Å². The zero-order valence-electron chi connectivity index (χ0n) is 16.9. The highest BCUT2D eigenvalue weighted by molar-refractivity contribution is 7.99. The van der Waals surface area contributed by atoms with Crippen molar-refractivity contribution in [1.29, 1.82) is 0 Å². The highest BCUT2D eigenvalue weighted by Crippen LogP contribution is 2.34. The van der Waals surface area contributed by atoms with Crippen LogP contribution < -0.4 is 5.32 Å². The molecule has 0 aromatic carbocycles. The first-order valence-corrected chi connectivity index (χ1v) is 10.7. The lowest BCUT2D eigenvalue weighted by molar-refractivity contribution is -0.113. The molecule has 1 N–H and O–H groups in total. The second-order valence-corrected chi connectivity index (χ2v) is 8.45. The molecule has 0 aliphatic rings. The maximum absolute atomic E-state index is 12.5. The Kier molecular flexibility index (Phi) is 6.43. The van der Waals surface area contributed by atoms with Gasteiger partial charge in [0.15, 0.2) is 11.0 Å². The van der Waals surface area contributed by atoms with Crippen molar-refractivity contribution in [3.63, 3.8) is 0 Å². The molecule has 0 atom stereocenters. The van der Waals surface area contributed by atoms with Crippen molar-refractivity contribution in [2.45, 2.75) is 32.3 Å². The summed E-state index contributed by atoms with van der Waals surface area (Å²) in [6.07, 6.45) is 2.29. The van der Waals surface area contributed by atoms with E-state index in [4.69, 9.17) is 9.15 Å². The fourth-order valence-corrected chi connectivity index (χ4v) is 4.86. The predicted octanol–water partition coefficient (Wildman–Crippen LogP) is 3.83. The van der Waals surface area contributed by atoms with Crippen LogP contribution in [0.1, 0.15) is 33.5 Å². The van der Waals surface area contributed by atoms with Gasteiger partial charge in [0.05, 0.1) is 30.3 Å². The van der Waals surface area contributed by atoms with Crippen LogP contribution in [-0.4, -0.2) is 39.5 Å². The lowest BCUT2D eigenvalue weighted by atomic mass is 10.1. The van der Waals surface area contributed by atoms with Crippen LogP contribution in [0.2, 0.25) is 0 Å². The Balaban J connectivity index is 1.71. The Bertz CT molecular complexity index is 1050. The number of thiophene rings is 1. The van der Waals surface area contributed by atoms with Crippen LogP contribution >= 0.6 is 23.1 Å². The number of hydrogen-bond acceptors (Lipinski definition) is 8. The van der Waals surface area contributed by atoms with Crippen molar-refractivity contribution in [1.82, 2.24) is 14.8 Å². The molecule has 0 unspecified atom stereocenters. The standard InChI is InChI=1S/C19H22N4O4S2/c1-6-12-11(3)29-17(15(12)18(25)26-5)20-14(24)9-28-19-22-21-16(23(19)4)13-7-8-27-10(13)2/h7-8H,6,9H2,1-5H3,(H,20,24). The largest absolute Gasteiger partial charge is 0.469 e. The van der Waals surface area contributed by atoms with Gasteiger partial charge in [0.25, 0.3) is 0 Å². The van der Waals surface area contributed by atoms with Crippen molar-refractivity contribution in [2.24, 2.45) is 7.05 Å². The molecule has 3 heterocycles. The number of nitrogens with zero attached hydrogens (tertiary/aromatic N) is 3. The van der Waals surface area contributed by atoms with E-state index in [1.165, 1.54) is 30.2 Å². The summed E-state index contributed by atoms with van der Waals surface area (Å²) in [5, 5.41) is 12.3. The topological polar surface area (TPSA) is 99.3 Å². The Hall–Kier alpha value is -2.59. The molecule has 3 aromatic heterocycles. The molecule has 0 aliphatic carbocycles. The van der Waals surface area contributed by atoms with Gasteiger partial charge in [-0.25, -0.2) is 4.79 Å². The molecule has 29 heavy (non-hydrogen) atoms. The van der Waals surface area contributed by atoms with Gasteiger partial charge in [0, 0.05) is 11.9 Å². The third-order valence-corrected chi connectivity index (χ3v) is 6.56. The summed E-state index contributed by atoms with van der Waals surface area (Å²) in [4.78, 5) is 25.7. The summed E-state index contributed by atoms with van der Waals surface area (Å²) in [5.74, 6) is 0.893. The third kappa shape index (κ3) is 4.23. The summed E-state index contributed by atoms with van der Waals surface area (Å²) in [6, 6.07) is 1.83. The molecule has 8 nitrogen and oxygen atoms in total. The Morgan fingerprint density at radius 3 is 2.72 bits per heavy atom. The van der Waals surface area contributed by atoms with Gasteiger partial charge in [0.2, 0.25) is 5.91 Å². The fraction of sp³-hybridized carbons (Fsp3) is 0.368. The number of ether oxygens (including phenoxy) is 1. The smallest absolute Gasteiger partial charge is 0.341 e. The van der Waals surface area contributed by atoms with E-state index in [1.54, 1.807) is 6.26 Å². The number of carbonyl (C=O) groups excluding carboxylic acids is 2. The van der Waals surface area contributed by atoms with Gasteiger partial charge in [-0.15, -0.1) is 21.5 Å². The van der Waals surface area contributed by atoms with Crippen LogP contribution in [0, 0.1) is 13.8 Å². The van der Waals surface area contributed by atoms with E-state index >= 15 is 0 Å². The van der Waals surface area contributed by atoms with Gasteiger partial charge >= 0.3 is 5.97 Å². The Labute approximate surface area is 176 Å². The van der Waals surface area contributed by atoms with Crippen molar-refractivity contribution < 1.29 is 18.7 Å². The van der Waals surface area contributed by atoms with Crippen molar-refractivity contribution in [3.8, 4) is 11.4 Å². The number of aromatic nitrogens is 3. The first-order valence-electron chi connectivity index (χ1n) is 8.94.